The van der Waals surface area contributed by atoms with Crippen LogP contribution in [0.3, 0.4) is 0 Å². The van der Waals surface area contributed by atoms with Crippen molar-refractivity contribution in [3.05, 3.63) is 11.2 Å². The van der Waals surface area contributed by atoms with Gasteiger partial charge in [0.25, 0.3) is 0 Å². The van der Waals surface area contributed by atoms with Crippen molar-refractivity contribution in [1.29, 1.82) is 0 Å². The van der Waals surface area contributed by atoms with Crippen LogP contribution in [0.25, 0.3) is 0 Å². The molecule has 0 spiro atoms. The molecular weight excluding hydrogens is 176 g/mol. The normalized spacial score (nSPS) is 18.8. The van der Waals surface area contributed by atoms with Crippen molar-refractivity contribution in [2.75, 3.05) is 12.9 Å². The van der Waals surface area contributed by atoms with Gasteiger partial charge in [-0.2, -0.15) is 0 Å². The largest absolute Gasteiger partial charge is 0.480 e. The molecule has 0 saturated carbocycles. The van der Waals surface area contributed by atoms with Gasteiger partial charge in [0, 0.05) is 12.5 Å². The van der Waals surface area contributed by atoms with Crippen LogP contribution in [0.5, 0.6) is 0 Å². The van der Waals surface area contributed by atoms with Gasteiger partial charge in [-0.3, -0.25) is 4.79 Å². The lowest BCUT2D eigenvalue weighted by Gasteiger charge is -2.19. The molecule has 1 aliphatic heterocycles. The number of nitrogens with one attached hydrogen (secondary N) is 1. The molecule has 1 rings (SSSR count). The van der Waals surface area contributed by atoms with E-state index in [0.717, 1.165) is 11.7 Å². The van der Waals surface area contributed by atoms with Crippen LogP contribution in [0, 0.1) is 0 Å². The molecular formula is C7H12N2O2S. The van der Waals surface area contributed by atoms with Crippen molar-refractivity contribution in [2.24, 2.45) is 0 Å². The quantitative estimate of drug-likeness (QED) is 0.675. The van der Waals surface area contributed by atoms with Crippen LogP contribution in [-0.4, -0.2) is 34.9 Å². The molecule has 5 heteroatoms. The fourth-order valence-corrected chi connectivity index (χ4v) is 1.66. The Labute approximate surface area is 75.6 Å². The van der Waals surface area contributed by atoms with E-state index in [0.29, 0.717) is 0 Å². The fourth-order valence-electron chi connectivity index (χ4n) is 0.815. The zero-order chi connectivity index (χ0) is 9.14. The molecule has 1 atom stereocenters. The van der Waals surface area contributed by atoms with E-state index < -0.39 is 12.0 Å². The highest BCUT2D eigenvalue weighted by molar-refractivity contribution is 8.02. The minimum atomic E-state index is -0.832. The van der Waals surface area contributed by atoms with Crippen LogP contribution in [0.4, 0.5) is 0 Å². The number of thioether (sulfide) groups is 1. The molecule has 0 bridgehead atoms. The maximum Gasteiger partial charge on any atom is 0.325 e. The maximum absolute atomic E-state index is 10.5. The average molecular weight is 188 g/mol. The van der Waals surface area contributed by atoms with E-state index in [2.05, 4.69) is 5.32 Å². The second kappa shape index (κ2) is 3.71. The Hall–Kier alpha value is -0.840. The van der Waals surface area contributed by atoms with Gasteiger partial charge in [-0.25, -0.2) is 0 Å². The molecule has 0 saturated heterocycles. The number of aliphatic carboxylic acids is 1. The monoisotopic (exact) mass is 188 g/mol. The third kappa shape index (κ3) is 2.07. The number of hydrogen-bond donors (Lipinski definition) is 2. The van der Waals surface area contributed by atoms with Crippen molar-refractivity contribution >= 4 is 17.7 Å². The zero-order valence-electron chi connectivity index (χ0n) is 7.07. The van der Waals surface area contributed by atoms with Gasteiger partial charge in [0.05, 0.1) is 5.88 Å². The van der Waals surface area contributed by atoms with Gasteiger partial charge in [0.2, 0.25) is 0 Å². The van der Waals surface area contributed by atoms with Crippen molar-refractivity contribution in [1.82, 2.24) is 10.2 Å². The molecule has 1 unspecified atom stereocenters. The van der Waals surface area contributed by atoms with E-state index in [1.807, 2.05) is 17.4 Å². The molecule has 0 radical (unpaired) electrons. The first kappa shape index (κ1) is 9.25. The third-order valence-electron chi connectivity index (χ3n) is 1.61. The molecule has 1 aliphatic rings. The first-order valence-corrected chi connectivity index (χ1v) is 4.68. The van der Waals surface area contributed by atoms with Gasteiger partial charge in [-0.15, -0.1) is 11.8 Å². The highest BCUT2D eigenvalue weighted by atomic mass is 32.2. The van der Waals surface area contributed by atoms with E-state index in [9.17, 15) is 4.79 Å². The highest BCUT2D eigenvalue weighted by Gasteiger charge is 2.16. The van der Waals surface area contributed by atoms with Crippen LogP contribution in [0.1, 0.15) is 6.92 Å². The van der Waals surface area contributed by atoms with Crippen molar-refractivity contribution < 1.29 is 9.90 Å². The highest BCUT2D eigenvalue weighted by Crippen LogP contribution is 2.18. The smallest absolute Gasteiger partial charge is 0.325 e. The van der Waals surface area contributed by atoms with Gasteiger partial charge in [-0.1, -0.05) is 0 Å². The summed E-state index contributed by atoms with van der Waals surface area (Å²) in [6, 6.07) is -0.530. The summed E-state index contributed by atoms with van der Waals surface area (Å²) in [5, 5.41) is 13.4. The number of carbonyl (C=O) groups is 1. The Balaban J connectivity index is 2.45. The average Bonchev–Trinajstić information content (AvgIpc) is 2.36. The van der Waals surface area contributed by atoms with E-state index in [1.54, 1.807) is 18.7 Å². The lowest BCUT2D eigenvalue weighted by molar-refractivity contribution is -0.138. The lowest BCUT2D eigenvalue weighted by Crippen LogP contribution is -2.37. The molecule has 0 amide bonds. The summed E-state index contributed by atoms with van der Waals surface area (Å²) in [5.74, 6) is 0.936. The minimum absolute atomic E-state index is 0.530. The van der Waals surface area contributed by atoms with E-state index in [-0.39, 0.29) is 0 Å². The van der Waals surface area contributed by atoms with Gasteiger partial charge in [0.1, 0.15) is 11.9 Å². The standard InChI is InChI=1S/C7H12N2O2S/c1-5(7(10)11)8-6-3-12-4-9(6)2/h3,5,8H,4H2,1-2H3,(H,10,11). The Morgan fingerprint density at radius 3 is 3.00 bits per heavy atom. The predicted octanol–water partition coefficient (Wildman–Crippen LogP) is 0.484. The zero-order valence-corrected chi connectivity index (χ0v) is 7.89. The van der Waals surface area contributed by atoms with Crippen molar-refractivity contribution in [2.45, 2.75) is 13.0 Å². The summed E-state index contributed by atoms with van der Waals surface area (Å²) >= 11 is 1.65. The molecule has 0 aromatic rings. The fraction of sp³-hybridized carbons (Fsp3) is 0.571. The number of hydrogen-bond acceptors (Lipinski definition) is 4. The molecule has 4 nitrogen and oxygen atoms in total. The third-order valence-corrected chi connectivity index (χ3v) is 2.54. The summed E-state index contributed by atoms with van der Waals surface area (Å²) in [6.07, 6.45) is 0. The Morgan fingerprint density at radius 2 is 2.58 bits per heavy atom. The number of carboxylic acid groups (broad SMARTS) is 1. The van der Waals surface area contributed by atoms with Crippen LogP contribution >= 0.6 is 11.8 Å². The maximum atomic E-state index is 10.5. The topological polar surface area (TPSA) is 52.6 Å². The summed E-state index contributed by atoms with van der Waals surface area (Å²) in [4.78, 5) is 12.5. The molecule has 1 heterocycles. The molecule has 68 valence electrons. The Kier molecular flexibility index (Phi) is 2.86. The first-order chi connectivity index (χ1) is 5.61. The summed E-state index contributed by atoms with van der Waals surface area (Å²) in [6.45, 7) is 1.62. The molecule has 0 aromatic heterocycles. The molecule has 2 N–H and O–H groups in total. The SMILES string of the molecule is CC(NC1=CSCN1C)C(=O)O. The molecule has 0 aliphatic carbocycles. The number of nitrogens with zero attached hydrogens (tertiary/aromatic N) is 1. The van der Waals surface area contributed by atoms with E-state index in [4.69, 9.17) is 5.11 Å². The molecule has 12 heavy (non-hydrogen) atoms. The Morgan fingerprint density at radius 1 is 1.92 bits per heavy atom. The minimum Gasteiger partial charge on any atom is -0.480 e. The van der Waals surface area contributed by atoms with Crippen LogP contribution in [0.15, 0.2) is 11.2 Å². The predicted molar refractivity (Wildman–Crippen MR) is 48.5 cm³/mol. The summed E-state index contributed by atoms with van der Waals surface area (Å²) < 4.78 is 0. The number of rotatable bonds is 3. The molecule has 0 fully saturated rings. The summed E-state index contributed by atoms with van der Waals surface area (Å²) in [5.41, 5.74) is 0. The van der Waals surface area contributed by atoms with Crippen LogP contribution < -0.4 is 5.32 Å². The second-order valence-corrected chi connectivity index (χ2v) is 3.53. The second-order valence-electron chi connectivity index (χ2n) is 2.70. The van der Waals surface area contributed by atoms with Gasteiger partial charge in [0.15, 0.2) is 0 Å². The summed E-state index contributed by atoms with van der Waals surface area (Å²) in [7, 11) is 1.92. The van der Waals surface area contributed by atoms with Gasteiger partial charge in [-0.05, 0) is 6.92 Å². The number of carboxylic acids is 1. The van der Waals surface area contributed by atoms with Crippen LogP contribution in [-0.2, 0) is 4.79 Å². The van der Waals surface area contributed by atoms with Gasteiger partial charge >= 0.3 is 5.97 Å². The van der Waals surface area contributed by atoms with E-state index >= 15 is 0 Å². The first-order valence-electron chi connectivity index (χ1n) is 3.63. The van der Waals surface area contributed by atoms with Crippen LogP contribution in [0.2, 0.25) is 0 Å². The van der Waals surface area contributed by atoms with Crippen molar-refractivity contribution in [3.8, 4) is 0 Å². The Bertz CT molecular complexity index is 217. The lowest BCUT2D eigenvalue weighted by atomic mass is 10.3. The molecule has 0 aromatic carbocycles. The van der Waals surface area contributed by atoms with E-state index in [1.165, 1.54) is 0 Å². The van der Waals surface area contributed by atoms with Gasteiger partial charge < -0.3 is 15.3 Å². The van der Waals surface area contributed by atoms with Crippen molar-refractivity contribution in [3.63, 3.8) is 0 Å².